The average molecular weight is 268 g/mol. The van der Waals surface area contributed by atoms with Crippen molar-refractivity contribution in [2.75, 3.05) is 0 Å². The molecule has 1 aromatic carbocycles. The van der Waals surface area contributed by atoms with Gasteiger partial charge < -0.3 is 5.11 Å². The number of aliphatic carboxylic acids is 1. The zero-order valence-corrected chi connectivity index (χ0v) is 10.6. The van der Waals surface area contributed by atoms with Crippen molar-refractivity contribution in [1.29, 1.82) is 0 Å². The first kappa shape index (κ1) is 12.3. The molecule has 3 rings (SSSR count). The van der Waals surface area contributed by atoms with Gasteiger partial charge in [-0.25, -0.2) is 4.68 Å². The van der Waals surface area contributed by atoms with Crippen LogP contribution < -0.4 is 0 Å². The van der Waals surface area contributed by atoms with Crippen LogP contribution in [-0.4, -0.2) is 31.1 Å². The van der Waals surface area contributed by atoms with Crippen LogP contribution in [0.3, 0.4) is 0 Å². The monoisotopic (exact) mass is 268 g/mol. The fourth-order valence-corrected chi connectivity index (χ4v) is 1.98. The van der Waals surface area contributed by atoms with E-state index in [4.69, 9.17) is 5.11 Å². The normalized spacial score (nSPS) is 10.8. The molecule has 0 radical (unpaired) electrons. The smallest absolute Gasteiger partial charge is 0.303 e. The average Bonchev–Trinajstić information content (AvgIpc) is 2.93. The van der Waals surface area contributed by atoms with Crippen LogP contribution in [-0.2, 0) is 11.2 Å². The summed E-state index contributed by atoms with van der Waals surface area (Å²) in [6, 6.07) is 9.66. The molecule has 2 aromatic heterocycles. The predicted octanol–water partition coefficient (Wildman–Crippen LogP) is 1.83. The minimum absolute atomic E-state index is 0.0559. The van der Waals surface area contributed by atoms with Crippen LogP contribution in [0.2, 0.25) is 0 Å². The van der Waals surface area contributed by atoms with Gasteiger partial charge in [-0.1, -0.05) is 11.3 Å². The van der Waals surface area contributed by atoms with Crippen molar-refractivity contribution in [1.82, 2.24) is 20.0 Å². The third-order valence-electron chi connectivity index (χ3n) is 2.99. The van der Waals surface area contributed by atoms with Gasteiger partial charge in [-0.05, 0) is 24.3 Å². The van der Waals surface area contributed by atoms with Gasteiger partial charge in [0.15, 0.2) is 0 Å². The Morgan fingerprint density at radius 3 is 3.05 bits per heavy atom. The minimum atomic E-state index is -0.837. The Balaban J connectivity index is 1.89. The second-order valence-corrected chi connectivity index (χ2v) is 4.43. The van der Waals surface area contributed by atoms with Crippen molar-refractivity contribution in [3.05, 3.63) is 48.4 Å². The van der Waals surface area contributed by atoms with Crippen molar-refractivity contribution < 1.29 is 9.90 Å². The van der Waals surface area contributed by atoms with E-state index in [1.54, 1.807) is 17.1 Å². The summed E-state index contributed by atoms with van der Waals surface area (Å²) in [5.41, 5.74) is 2.46. The van der Waals surface area contributed by atoms with Gasteiger partial charge in [-0.2, -0.15) is 0 Å². The molecular formula is C14H12N4O2. The zero-order chi connectivity index (χ0) is 13.9. The van der Waals surface area contributed by atoms with E-state index in [1.807, 2.05) is 30.3 Å². The van der Waals surface area contributed by atoms with Gasteiger partial charge in [0.2, 0.25) is 0 Å². The highest BCUT2D eigenvalue weighted by atomic mass is 16.4. The van der Waals surface area contributed by atoms with Crippen molar-refractivity contribution in [3.63, 3.8) is 0 Å². The fraction of sp³-hybridized carbons (Fsp3) is 0.143. The molecule has 0 aliphatic rings. The molecule has 0 saturated heterocycles. The molecule has 0 bridgehead atoms. The Labute approximate surface area is 114 Å². The van der Waals surface area contributed by atoms with E-state index < -0.39 is 5.97 Å². The lowest BCUT2D eigenvalue weighted by Crippen LogP contribution is -1.97. The molecule has 0 atom stereocenters. The highest BCUT2D eigenvalue weighted by Crippen LogP contribution is 2.16. The van der Waals surface area contributed by atoms with E-state index in [0.29, 0.717) is 12.1 Å². The van der Waals surface area contributed by atoms with E-state index in [0.717, 1.165) is 16.6 Å². The van der Waals surface area contributed by atoms with Crippen LogP contribution in [0.25, 0.3) is 16.6 Å². The Morgan fingerprint density at radius 2 is 2.20 bits per heavy atom. The third kappa shape index (κ3) is 2.49. The molecule has 2 heterocycles. The zero-order valence-electron chi connectivity index (χ0n) is 10.6. The topological polar surface area (TPSA) is 80.9 Å². The number of carbonyl (C=O) groups is 1. The first-order chi connectivity index (χ1) is 9.72. The SMILES string of the molecule is O=C(O)CCc1cn(-c2ccc3ncccc3c2)nn1. The molecule has 0 spiro atoms. The maximum Gasteiger partial charge on any atom is 0.303 e. The molecule has 100 valence electrons. The molecule has 0 amide bonds. The second-order valence-electron chi connectivity index (χ2n) is 4.43. The number of fused-ring (bicyclic) bond motifs is 1. The standard InChI is InChI=1S/C14H12N4O2/c19-14(20)6-3-11-9-18(17-16-11)12-4-5-13-10(8-12)2-1-7-15-13/h1-2,4-5,7-9H,3,6H2,(H,19,20). The Bertz CT molecular complexity index is 766. The third-order valence-corrected chi connectivity index (χ3v) is 2.99. The number of carboxylic acids is 1. The van der Waals surface area contributed by atoms with Gasteiger partial charge in [0, 0.05) is 18.0 Å². The van der Waals surface area contributed by atoms with Gasteiger partial charge in [-0.3, -0.25) is 9.78 Å². The number of aryl methyl sites for hydroxylation is 1. The Morgan fingerprint density at radius 1 is 1.30 bits per heavy atom. The maximum atomic E-state index is 10.5. The predicted molar refractivity (Wildman–Crippen MR) is 72.6 cm³/mol. The van der Waals surface area contributed by atoms with E-state index in [1.165, 1.54) is 0 Å². The summed E-state index contributed by atoms with van der Waals surface area (Å²) >= 11 is 0. The van der Waals surface area contributed by atoms with Crippen LogP contribution >= 0.6 is 0 Å². The van der Waals surface area contributed by atoms with Crippen molar-refractivity contribution in [3.8, 4) is 5.69 Å². The summed E-state index contributed by atoms with van der Waals surface area (Å²) in [4.78, 5) is 14.8. The molecule has 1 N–H and O–H groups in total. The fourth-order valence-electron chi connectivity index (χ4n) is 1.98. The molecule has 3 aromatic rings. The quantitative estimate of drug-likeness (QED) is 0.780. The molecular weight excluding hydrogens is 256 g/mol. The molecule has 6 nitrogen and oxygen atoms in total. The van der Waals surface area contributed by atoms with E-state index in [-0.39, 0.29) is 6.42 Å². The van der Waals surface area contributed by atoms with Gasteiger partial charge in [-0.15, -0.1) is 5.10 Å². The largest absolute Gasteiger partial charge is 0.481 e. The number of aromatic nitrogens is 4. The summed E-state index contributed by atoms with van der Waals surface area (Å²) in [7, 11) is 0. The van der Waals surface area contributed by atoms with E-state index >= 15 is 0 Å². The molecule has 0 aliphatic carbocycles. The Hall–Kier alpha value is -2.76. The second kappa shape index (κ2) is 5.08. The molecule has 20 heavy (non-hydrogen) atoms. The molecule has 6 heteroatoms. The maximum absolute atomic E-state index is 10.5. The van der Waals surface area contributed by atoms with Crippen LogP contribution in [0.4, 0.5) is 0 Å². The van der Waals surface area contributed by atoms with Crippen molar-refractivity contribution >= 4 is 16.9 Å². The number of carboxylic acid groups (broad SMARTS) is 1. The van der Waals surface area contributed by atoms with E-state index in [9.17, 15) is 4.79 Å². The van der Waals surface area contributed by atoms with Crippen molar-refractivity contribution in [2.24, 2.45) is 0 Å². The van der Waals surface area contributed by atoms with Crippen LogP contribution in [0.5, 0.6) is 0 Å². The highest BCUT2D eigenvalue weighted by molar-refractivity contribution is 5.80. The van der Waals surface area contributed by atoms with Crippen LogP contribution in [0, 0.1) is 0 Å². The first-order valence-corrected chi connectivity index (χ1v) is 6.20. The minimum Gasteiger partial charge on any atom is -0.481 e. The Kier molecular flexibility index (Phi) is 3.12. The van der Waals surface area contributed by atoms with E-state index in [2.05, 4.69) is 15.3 Å². The molecule has 0 aliphatic heterocycles. The van der Waals surface area contributed by atoms with Gasteiger partial charge >= 0.3 is 5.97 Å². The molecule has 0 saturated carbocycles. The summed E-state index contributed by atoms with van der Waals surface area (Å²) < 4.78 is 1.64. The van der Waals surface area contributed by atoms with Crippen molar-refractivity contribution in [2.45, 2.75) is 12.8 Å². The van der Waals surface area contributed by atoms with Crippen LogP contribution in [0.15, 0.2) is 42.7 Å². The number of pyridine rings is 1. The van der Waals surface area contributed by atoms with Gasteiger partial charge in [0.25, 0.3) is 0 Å². The van der Waals surface area contributed by atoms with Gasteiger partial charge in [0.1, 0.15) is 0 Å². The lowest BCUT2D eigenvalue weighted by Gasteiger charge is -2.01. The molecule has 0 unspecified atom stereocenters. The number of hydrogen-bond donors (Lipinski definition) is 1. The summed E-state index contributed by atoms with van der Waals surface area (Å²) in [6.07, 6.45) is 3.94. The lowest BCUT2D eigenvalue weighted by atomic mass is 10.2. The molecule has 0 fully saturated rings. The lowest BCUT2D eigenvalue weighted by molar-refractivity contribution is -0.136. The highest BCUT2D eigenvalue weighted by Gasteiger charge is 2.06. The number of benzene rings is 1. The summed E-state index contributed by atoms with van der Waals surface area (Å²) in [5, 5.41) is 17.7. The number of rotatable bonds is 4. The summed E-state index contributed by atoms with van der Waals surface area (Å²) in [5.74, 6) is -0.837. The number of nitrogens with zero attached hydrogens (tertiary/aromatic N) is 4. The van der Waals surface area contributed by atoms with Gasteiger partial charge in [0.05, 0.1) is 29.5 Å². The number of hydrogen-bond acceptors (Lipinski definition) is 4. The van der Waals surface area contributed by atoms with Crippen LogP contribution in [0.1, 0.15) is 12.1 Å². The first-order valence-electron chi connectivity index (χ1n) is 6.20. The summed E-state index contributed by atoms with van der Waals surface area (Å²) in [6.45, 7) is 0.